The van der Waals surface area contributed by atoms with Crippen LogP contribution in [0.2, 0.25) is 0 Å². The number of aliphatic carboxylic acids is 3. The van der Waals surface area contributed by atoms with Gasteiger partial charge in [0.2, 0.25) is 0 Å². The molecular weight excluding hydrogens is 435 g/mol. The average Bonchev–Trinajstić information content (AvgIpc) is 2.70. The van der Waals surface area contributed by atoms with Crippen LogP contribution in [-0.2, 0) is 32.9 Å². The predicted octanol–water partition coefficient (Wildman–Crippen LogP) is 2.86. The van der Waals surface area contributed by atoms with E-state index in [1.807, 2.05) is 20.8 Å². The van der Waals surface area contributed by atoms with E-state index in [0.29, 0.717) is 19.3 Å². The number of unbranched alkanes of at least 4 members (excludes halogenated alkanes) is 3. The van der Waals surface area contributed by atoms with Gasteiger partial charge in [-0.05, 0) is 56.3 Å². The normalized spacial score (nSPS) is 12.6. The number of carboxylic acid groups (broad SMARTS) is 3. The monoisotopic (exact) mass is 480 g/mol. The summed E-state index contributed by atoms with van der Waals surface area (Å²) in [4.78, 5) is 31.0. The van der Waals surface area contributed by atoms with Crippen molar-refractivity contribution in [3.8, 4) is 0 Å². The minimum Gasteiger partial charge on any atom is -0.550 e. The summed E-state index contributed by atoms with van der Waals surface area (Å²) in [5.41, 5.74) is 0. The maximum absolute atomic E-state index is 10.3. The Morgan fingerprint density at radius 1 is 0.516 bits per heavy atom. The van der Waals surface area contributed by atoms with Crippen molar-refractivity contribution in [2.45, 2.75) is 119 Å². The molecule has 0 heterocycles. The van der Waals surface area contributed by atoms with Gasteiger partial charge in [-0.2, -0.15) is 0 Å². The first kappa shape index (κ1) is 37.3. The van der Waals surface area contributed by atoms with E-state index in [1.165, 1.54) is 0 Å². The van der Waals surface area contributed by atoms with Crippen molar-refractivity contribution in [3.05, 3.63) is 0 Å². The summed E-state index contributed by atoms with van der Waals surface area (Å²) in [6.07, 6.45) is 10.6. The Hall–Kier alpha value is -1.01. The van der Waals surface area contributed by atoms with Crippen molar-refractivity contribution in [2.24, 2.45) is 17.8 Å². The van der Waals surface area contributed by atoms with Gasteiger partial charge in [-0.25, -0.2) is 0 Å². The number of carbonyl (C=O) groups is 3. The predicted molar refractivity (Wildman–Crippen MR) is 115 cm³/mol. The summed E-state index contributed by atoms with van der Waals surface area (Å²) in [6, 6.07) is 0. The topological polar surface area (TPSA) is 120 Å². The molecule has 3 atom stereocenters. The third kappa shape index (κ3) is 25.1. The zero-order chi connectivity index (χ0) is 23.9. The Morgan fingerprint density at radius 3 is 0.806 bits per heavy atom. The summed E-state index contributed by atoms with van der Waals surface area (Å²) in [5.74, 6) is -3.34. The van der Waals surface area contributed by atoms with Gasteiger partial charge >= 0.3 is 0 Å². The molecule has 0 saturated heterocycles. The largest absolute Gasteiger partial charge is 0.550 e. The molecule has 0 aliphatic carbocycles. The van der Waals surface area contributed by atoms with Crippen molar-refractivity contribution in [3.63, 3.8) is 0 Å². The van der Waals surface area contributed by atoms with Crippen molar-refractivity contribution in [1.29, 1.82) is 0 Å². The SMILES string of the molecule is CCCCC(CC)C(=O)[O-].CCCCC(CC)C(=O)[O-].CCCCC(CC)C(=O)[O-].[V]. The number of carbonyl (C=O) groups excluding carboxylic acids is 3. The van der Waals surface area contributed by atoms with Gasteiger partial charge in [-0.1, -0.05) is 80.1 Å². The summed E-state index contributed by atoms with van der Waals surface area (Å²) in [7, 11) is 0. The number of hydrogen-bond acceptors (Lipinski definition) is 6. The Labute approximate surface area is 202 Å². The molecule has 7 heteroatoms. The van der Waals surface area contributed by atoms with Gasteiger partial charge in [-0.3, -0.25) is 0 Å². The van der Waals surface area contributed by atoms with E-state index >= 15 is 0 Å². The summed E-state index contributed by atoms with van der Waals surface area (Å²) in [6.45, 7) is 11.8. The first-order chi connectivity index (χ1) is 14.2. The van der Waals surface area contributed by atoms with Crippen LogP contribution in [-0.4, -0.2) is 17.9 Å². The van der Waals surface area contributed by atoms with Crippen LogP contribution < -0.4 is 15.3 Å². The van der Waals surface area contributed by atoms with Crippen molar-refractivity contribution >= 4 is 17.9 Å². The minimum atomic E-state index is -0.893. The summed E-state index contributed by atoms with van der Waals surface area (Å²) >= 11 is 0. The van der Waals surface area contributed by atoms with Gasteiger partial charge in [-0.15, -0.1) is 0 Å². The van der Waals surface area contributed by atoms with Gasteiger partial charge in [0.05, 0.1) is 0 Å². The van der Waals surface area contributed by atoms with E-state index < -0.39 is 17.9 Å². The van der Waals surface area contributed by atoms with Crippen molar-refractivity contribution in [2.75, 3.05) is 0 Å². The smallest absolute Gasteiger partial charge is 0.0445 e. The van der Waals surface area contributed by atoms with E-state index in [1.54, 1.807) is 0 Å². The Balaban J connectivity index is -0.000000174. The van der Waals surface area contributed by atoms with E-state index in [2.05, 4.69) is 20.8 Å². The summed E-state index contributed by atoms with van der Waals surface area (Å²) < 4.78 is 0. The van der Waals surface area contributed by atoms with E-state index in [4.69, 9.17) is 0 Å². The molecule has 31 heavy (non-hydrogen) atoms. The second-order valence-corrected chi connectivity index (χ2v) is 7.70. The van der Waals surface area contributed by atoms with Crippen LogP contribution >= 0.6 is 0 Å². The molecule has 0 amide bonds. The molecule has 0 bridgehead atoms. The number of hydrogen-bond donors (Lipinski definition) is 0. The number of carboxylic acids is 3. The van der Waals surface area contributed by atoms with Crippen molar-refractivity contribution in [1.82, 2.24) is 0 Å². The molecule has 0 N–H and O–H groups in total. The van der Waals surface area contributed by atoms with Crippen LogP contribution in [0.5, 0.6) is 0 Å². The van der Waals surface area contributed by atoms with Gasteiger partial charge in [0.25, 0.3) is 0 Å². The Morgan fingerprint density at radius 2 is 0.710 bits per heavy atom. The van der Waals surface area contributed by atoms with E-state index in [-0.39, 0.29) is 36.3 Å². The third-order valence-electron chi connectivity index (χ3n) is 5.20. The molecule has 0 aromatic heterocycles. The molecule has 0 rings (SSSR count). The van der Waals surface area contributed by atoms with E-state index in [9.17, 15) is 29.7 Å². The average molecular weight is 481 g/mol. The molecule has 0 aliphatic rings. The zero-order valence-electron chi connectivity index (χ0n) is 20.6. The molecule has 6 nitrogen and oxygen atoms in total. The van der Waals surface area contributed by atoms with Crippen LogP contribution in [0.1, 0.15) is 119 Å². The molecule has 3 unspecified atom stereocenters. The standard InChI is InChI=1S/3C8H16O2.V/c3*1-3-5-6-7(4-2)8(9)10;/h3*7H,3-6H2,1-2H3,(H,9,10);/p-3. The minimum absolute atomic E-state index is 0. The molecule has 1 radical (unpaired) electrons. The Kier molecular flexibility index (Phi) is 32.5. The Bertz CT molecular complexity index is 366. The van der Waals surface area contributed by atoms with Gasteiger partial charge in [0.15, 0.2) is 0 Å². The molecule has 0 saturated carbocycles. The molecule has 0 spiro atoms. The van der Waals surface area contributed by atoms with Gasteiger partial charge in [0, 0.05) is 36.5 Å². The molecule has 0 aliphatic heterocycles. The fourth-order valence-electron chi connectivity index (χ4n) is 2.82. The maximum atomic E-state index is 10.3. The molecule has 185 valence electrons. The molecule has 0 aromatic rings. The van der Waals surface area contributed by atoms with Gasteiger partial charge < -0.3 is 29.7 Å². The van der Waals surface area contributed by atoms with Crippen LogP contribution in [0.3, 0.4) is 0 Å². The molecule has 0 fully saturated rings. The van der Waals surface area contributed by atoms with E-state index in [0.717, 1.165) is 57.8 Å². The fraction of sp³-hybridized carbons (Fsp3) is 0.875. The first-order valence-electron chi connectivity index (χ1n) is 11.8. The van der Waals surface area contributed by atoms with Gasteiger partial charge in [0.1, 0.15) is 0 Å². The first-order valence-corrected chi connectivity index (χ1v) is 11.8. The second-order valence-electron chi connectivity index (χ2n) is 7.70. The zero-order valence-corrected chi connectivity index (χ0v) is 22.0. The maximum Gasteiger partial charge on any atom is 0.0445 e. The van der Waals surface area contributed by atoms with Crippen LogP contribution in [0, 0.1) is 17.8 Å². The fourth-order valence-corrected chi connectivity index (χ4v) is 2.82. The molecule has 0 aromatic carbocycles. The second kappa shape index (κ2) is 27.0. The van der Waals surface area contributed by atoms with Crippen molar-refractivity contribution < 1.29 is 48.3 Å². The summed E-state index contributed by atoms with van der Waals surface area (Å²) in [5, 5.41) is 31.0. The van der Waals surface area contributed by atoms with Crippen LogP contribution in [0.15, 0.2) is 0 Å². The molecular formula is C24H45O6V-3. The quantitative estimate of drug-likeness (QED) is 0.355. The van der Waals surface area contributed by atoms with Crippen LogP contribution in [0.4, 0.5) is 0 Å². The van der Waals surface area contributed by atoms with Crippen LogP contribution in [0.25, 0.3) is 0 Å². The number of rotatable bonds is 15. The third-order valence-corrected chi connectivity index (χ3v) is 5.20.